The first-order valence-corrected chi connectivity index (χ1v) is 4.72. The van der Waals surface area contributed by atoms with E-state index in [0.29, 0.717) is 6.42 Å². The number of carbonyl (C=O) groups is 2. The molecule has 0 bridgehead atoms. The van der Waals surface area contributed by atoms with Crippen LogP contribution in [0.1, 0.15) is 40.5 Å². The molecule has 0 heterocycles. The summed E-state index contributed by atoms with van der Waals surface area (Å²) in [7, 11) is 0. The summed E-state index contributed by atoms with van der Waals surface area (Å²) in [5.41, 5.74) is -0.546. The third-order valence-electron chi connectivity index (χ3n) is 1.44. The molecule has 0 rings (SSSR count). The fraction of sp³-hybridized carbons (Fsp3) is 0.800. The van der Waals surface area contributed by atoms with Gasteiger partial charge in [0.25, 0.3) is 6.47 Å². The molecule has 82 valence electrons. The van der Waals surface area contributed by atoms with Gasteiger partial charge in [-0.2, -0.15) is 0 Å². The molecule has 4 nitrogen and oxygen atoms in total. The van der Waals surface area contributed by atoms with Crippen molar-refractivity contribution >= 4 is 12.4 Å². The fourth-order valence-corrected chi connectivity index (χ4v) is 0.938. The van der Waals surface area contributed by atoms with Gasteiger partial charge in [0.05, 0.1) is 0 Å². The van der Waals surface area contributed by atoms with Crippen LogP contribution >= 0.6 is 0 Å². The molecule has 0 N–H and O–H groups in total. The summed E-state index contributed by atoms with van der Waals surface area (Å²) in [5.74, 6) is -0.480. The molecular weight excluding hydrogens is 184 g/mol. The zero-order valence-electron chi connectivity index (χ0n) is 9.20. The maximum absolute atomic E-state index is 11.4. The molecule has 0 aromatic rings. The Bertz CT molecular complexity index is 193. The Hall–Kier alpha value is -1.06. The quantitative estimate of drug-likeness (QED) is 0.502. The van der Waals surface area contributed by atoms with Gasteiger partial charge in [-0.3, -0.25) is 4.79 Å². The Kier molecular flexibility index (Phi) is 5.20. The van der Waals surface area contributed by atoms with Crippen molar-refractivity contribution in [2.24, 2.45) is 0 Å². The van der Waals surface area contributed by atoms with Gasteiger partial charge in [0.1, 0.15) is 5.60 Å². The van der Waals surface area contributed by atoms with Gasteiger partial charge in [-0.1, -0.05) is 13.3 Å². The van der Waals surface area contributed by atoms with Gasteiger partial charge in [0, 0.05) is 0 Å². The van der Waals surface area contributed by atoms with Crippen LogP contribution in [0.2, 0.25) is 0 Å². The van der Waals surface area contributed by atoms with Gasteiger partial charge in [0.15, 0.2) is 6.10 Å². The van der Waals surface area contributed by atoms with Crippen LogP contribution in [-0.4, -0.2) is 24.1 Å². The lowest BCUT2D eigenvalue weighted by atomic mass is 10.1. The van der Waals surface area contributed by atoms with Crippen LogP contribution in [0.3, 0.4) is 0 Å². The summed E-state index contributed by atoms with van der Waals surface area (Å²) in [5, 5.41) is 0. The van der Waals surface area contributed by atoms with Gasteiger partial charge in [-0.25, -0.2) is 4.79 Å². The molecule has 0 fully saturated rings. The van der Waals surface area contributed by atoms with E-state index in [-0.39, 0.29) is 6.47 Å². The van der Waals surface area contributed by atoms with Crippen molar-refractivity contribution in [3.8, 4) is 0 Å². The van der Waals surface area contributed by atoms with Crippen LogP contribution < -0.4 is 0 Å². The Labute approximate surface area is 84.6 Å². The van der Waals surface area contributed by atoms with Crippen molar-refractivity contribution in [1.82, 2.24) is 0 Å². The van der Waals surface area contributed by atoms with Crippen molar-refractivity contribution in [2.75, 3.05) is 0 Å². The van der Waals surface area contributed by atoms with Crippen molar-refractivity contribution < 1.29 is 19.1 Å². The van der Waals surface area contributed by atoms with Crippen molar-refractivity contribution in [1.29, 1.82) is 0 Å². The third-order valence-corrected chi connectivity index (χ3v) is 1.44. The van der Waals surface area contributed by atoms with E-state index in [1.54, 1.807) is 20.8 Å². The van der Waals surface area contributed by atoms with E-state index < -0.39 is 17.7 Å². The minimum atomic E-state index is -0.767. The Balaban J connectivity index is 4.21. The topological polar surface area (TPSA) is 52.6 Å². The van der Waals surface area contributed by atoms with Crippen molar-refractivity contribution in [3.63, 3.8) is 0 Å². The van der Waals surface area contributed by atoms with E-state index in [9.17, 15) is 9.59 Å². The molecule has 0 saturated carbocycles. The predicted molar refractivity (Wildman–Crippen MR) is 51.7 cm³/mol. The molecule has 0 spiro atoms. The Morgan fingerprint density at radius 3 is 2.36 bits per heavy atom. The normalized spacial score (nSPS) is 13.1. The highest BCUT2D eigenvalue weighted by Crippen LogP contribution is 2.12. The van der Waals surface area contributed by atoms with Crippen LogP contribution in [0.15, 0.2) is 0 Å². The van der Waals surface area contributed by atoms with Gasteiger partial charge < -0.3 is 9.47 Å². The first kappa shape index (κ1) is 12.9. The molecule has 0 amide bonds. The highest BCUT2D eigenvalue weighted by atomic mass is 16.6. The molecule has 1 atom stereocenters. The molecular formula is C10H18O4. The Morgan fingerprint density at radius 2 is 2.00 bits per heavy atom. The van der Waals surface area contributed by atoms with Crippen LogP contribution in [0.5, 0.6) is 0 Å². The molecule has 0 aliphatic heterocycles. The second-order valence-electron chi connectivity index (χ2n) is 4.04. The lowest BCUT2D eigenvalue weighted by Crippen LogP contribution is -2.33. The van der Waals surface area contributed by atoms with E-state index >= 15 is 0 Å². The second-order valence-corrected chi connectivity index (χ2v) is 4.04. The third kappa shape index (κ3) is 5.56. The zero-order valence-corrected chi connectivity index (χ0v) is 9.20. The monoisotopic (exact) mass is 202 g/mol. The van der Waals surface area contributed by atoms with Crippen LogP contribution in [0.25, 0.3) is 0 Å². The number of hydrogen-bond acceptors (Lipinski definition) is 4. The molecule has 0 aliphatic carbocycles. The van der Waals surface area contributed by atoms with Crippen molar-refractivity contribution in [3.05, 3.63) is 0 Å². The average molecular weight is 202 g/mol. The summed E-state index contributed by atoms with van der Waals surface area (Å²) in [6, 6.07) is 0. The van der Waals surface area contributed by atoms with Gasteiger partial charge in [-0.05, 0) is 27.2 Å². The molecule has 0 aliphatic rings. The molecule has 4 heteroatoms. The largest absolute Gasteiger partial charge is 0.457 e. The van der Waals surface area contributed by atoms with Crippen LogP contribution in [-0.2, 0) is 19.1 Å². The lowest BCUT2D eigenvalue weighted by Gasteiger charge is -2.22. The highest BCUT2D eigenvalue weighted by Gasteiger charge is 2.25. The first-order chi connectivity index (χ1) is 6.40. The number of carbonyl (C=O) groups excluding carboxylic acids is 2. The summed E-state index contributed by atoms with van der Waals surface area (Å²) >= 11 is 0. The van der Waals surface area contributed by atoms with Crippen LogP contribution in [0, 0.1) is 0 Å². The maximum Gasteiger partial charge on any atom is 0.347 e. The average Bonchev–Trinajstić information content (AvgIpc) is 2.01. The summed E-state index contributed by atoms with van der Waals surface area (Å²) in [6.45, 7) is 7.51. The number of rotatable bonds is 5. The van der Waals surface area contributed by atoms with E-state index in [2.05, 4.69) is 4.74 Å². The number of esters is 1. The van der Waals surface area contributed by atoms with Gasteiger partial charge in [-0.15, -0.1) is 0 Å². The second kappa shape index (κ2) is 5.62. The zero-order chi connectivity index (χ0) is 11.2. The van der Waals surface area contributed by atoms with Gasteiger partial charge >= 0.3 is 5.97 Å². The van der Waals surface area contributed by atoms with Crippen LogP contribution in [0.4, 0.5) is 0 Å². The number of hydrogen-bond donors (Lipinski definition) is 0. The molecule has 0 saturated heterocycles. The van der Waals surface area contributed by atoms with E-state index in [1.165, 1.54) is 0 Å². The smallest absolute Gasteiger partial charge is 0.347 e. The van der Waals surface area contributed by atoms with E-state index in [0.717, 1.165) is 6.42 Å². The summed E-state index contributed by atoms with van der Waals surface area (Å²) < 4.78 is 9.72. The van der Waals surface area contributed by atoms with E-state index in [1.807, 2.05) is 6.92 Å². The minimum absolute atomic E-state index is 0.282. The van der Waals surface area contributed by atoms with Gasteiger partial charge in [0.2, 0.25) is 0 Å². The van der Waals surface area contributed by atoms with E-state index in [4.69, 9.17) is 4.74 Å². The first-order valence-electron chi connectivity index (χ1n) is 4.72. The molecule has 0 aromatic carbocycles. The van der Waals surface area contributed by atoms with Crippen molar-refractivity contribution in [2.45, 2.75) is 52.2 Å². The lowest BCUT2D eigenvalue weighted by molar-refractivity contribution is -0.171. The molecule has 0 radical (unpaired) electrons. The summed E-state index contributed by atoms with van der Waals surface area (Å²) in [6.07, 6.45) is 0.488. The Morgan fingerprint density at radius 1 is 1.43 bits per heavy atom. The summed E-state index contributed by atoms with van der Waals surface area (Å²) in [4.78, 5) is 21.6. The minimum Gasteiger partial charge on any atom is -0.457 e. The molecule has 0 aromatic heterocycles. The molecule has 14 heavy (non-hydrogen) atoms. The maximum atomic E-state index is 11.4. The SMILES string of the molecule is CCCC(OC=O)C(=O)OC(C)(C)C. The predicted octanol–water partition coefficient (Wildman–Crippen LogP) is 1.67. The standard InChI is InChI=1S/C10H18O4/c1-5-6-8(13-7-11)9(12)14-10(2,3)4/h7-8H,5-6H2,1-4H3. The highest BCUT2D eigenvalue weighted by molar-refractivity contribution is 5.76. The molecule has 1 unspecified atom stereocenters. The number of ether oxygens (including phenoxy) is 2. The fourth-order valence-electron chi connectivity index (χ4n) is 0.938.